The molecule has 0 saturated heterocycles. The van der Waals surface area contributed by atoms with Gasteiger partial charge in [-0.05, 0) is 44.9 Å². The number of rotatable bonds is 10. The van der Waals surface area contributed by atoms with Crippen LogP contribution in [0.3, 0.4) is 0 Å². The van der Waals surface area contributed by atoms with Crippen molar-refractivity contribution in [1.82, 2.24) is 4.98 Å². The quantitative estimate of drug-likeness (QED) is 0.467. The number of aromatic amines is 1. The molecule has 30 heavy (non-hydrogen) atoms. The van der Waals surface area contributed by atoms with Crippen molar-refractivity contribution in [2.24, 2.45) is 0 Å². The number of ketones is 1. The summed E-state index contributed by atoms with van der Waals surface area (Å²) in [5, 5.41) is 0. The van der Waals surface area contributed by atoms with E-state index < -0.39 is 23.8 Å². The number of hydrogen-bond donors (Lipinski definition) is 1. The Morgan fingerprint density at radius 2 is 1.70 bits per heavy atom. The molecule has 0 amide bonds. The first-order chi connectivity index (χ1) is 14.3. The zero-order valence-electron chi connectivity index (χ0n) is 17.9. The molecule has 2 rings (SSSR count). The van der Waals surface area contributed by atoms with E-state index >= 15 is 0 Å². The number of hydrogen-bond acceptors (Lipinski definition) is 7. The molecule has 0 bridgehead atoms. The molecule has 1 atom stereocenters. The first kappa shape index (κ1) is 23.0. The van der Waals surface area contributed by atoms with E-state index in [4.69, 9.17) is 18.9 Å². The molecular weight excluding hydrogens is 390 g/mol. The van der Waals surface area contributed by atoms with Gasteiger partial charge in [0.15, 0.2) is 24.2 Å². The van der Waals surface area contributed by atoms with Gasteiger partial charge < -0.3 is 23.9 Å². The van der Waals surface area contributed by atoms with Crippen LogP contribution < -0.4 is 9.47 Å². The van der Waals surface area contributed by atoms with Crippen LogP contribution in [0.4, 0.5) is 0 Å². The average Bonchev–Trinajstić information content (AvgIpc) is 3.03. The first-order valence-corrected chi connectivity index (χ1v) is 9.65. The van der Waals surface area contributed by atoms with Gasteiger partial charge in [-0.2, -0.15) is 0 Å². The Hall–Kier alpha value is -3.29. The maximum atomic E-state index is 12.7. The van der Waals surface area contributed by atoms with Crippen LogP contribution >= 0.6 is 0 Å². The number of methoxy groups -OCH3 is 1. The molecule has 162 valence electrons. The molecular formula is C22H27NO7. The van der Waals surface area contributed by atoms with Gasteiger partial charge in [-0.15, -0.1) is 0 Å². The van der Waals surface area contributed by atoms with E-state index in [1.54, 1.807) is 38.1 Å². The number of ether oxygens (including phenoxy) is 4. The van der Waals surface area contributed by atoms with E-state index in [2.05, 4.69) is 4.98 Å². The monoisotopic (exact) mass is 417 g/mol. The second-order valence-corrected chi connectivity index (χ2v) is 6.70. The normalized spacial score (nSPS) is 11.5. The third kappa shape index (κ3) is 5.40. The number of aromatic nitrogens is 1. The van der Waals surface area contributed by atoms with Gasteiger partial charge in [-0.3, -0.25) is 4.79 Å². The summed E-state index contributed by atoms with van der Waals surface area (Å²) in [5.41, 5.74) is 1.46. The average molecular weight is 417 g/mol. The summed E-state index contributed by atoms with van der Waals surface area (Å²) < 4.78 is 21.0. The fraction of sp³-hybridized carbons (Fsp3) is 0.409. The largest absolute Gasteiger partial charge is 0.490 e. The van der Waals surface area contributed by atoms with Crippen LogP contribution in [-0.4, -0.2) is 49.1 Å². The van der Waals surface area contributed by atoms with Crippen LogP contribution in [0.15, 0.2) is 24.3 Å². The fourth-order valence-corrected chi connectivity index (χ4v) is 2.93. The summed E-state index contributed by atoms with van der Waals surface area (Å²) in [4.78, 5) is 39.6. The smallest absolute Gasteiger partial charge is 0.344 e. The second-order valence-electron chi connectivity index (χ2n) is 6.70. The van der Waals surface area contributed by atoms with Crippen molar-refractivity contribution in [2.75, 3.05) is 20.3 Å². The van der Waals surface area contributed by atoms with Crippen molar-refractivity contribution < 1.29 is 33.3 Å². The van der Waals surface area contributed by atoms with Gasteiger partial charge >= 0.3 is 11.9 Å². The van der Waals surface area contributed by atoms with Gasteiger partial charge in [0, 0.05) is 5.69 Å². The third-order valence-corrected chi connectivity index (χ3v) is 4.41. The number of esters is 2. The van der Waals surface area contributed by atoms with Gasteiger partial charge in [0.1, 0.15) is 0 Å². The van der Waals surface area contributed by atoms with Crippen LogP contribution in [-0.2, 0) is 14.3 Å². The number of Topliss-reactive ketones (excluding diaryl/α,β-unsaturated/α-hetero) is 1. The highest BCUT2D eigenvalue weighted by Gasteiger charge is 2.27. The van der Waals surface area contributed by atoms with E-state index in [1.165, 1.54) is 14.0 Å². The molecule has 1 N–H and O–H groups in total. The number of benzene rings is 1. The minimum absolute atomic E-state index is 0.201. The minimum atomic E-state index is -1.06. The summed E-state index contributed by atoms with van der Waals surface area (Å²) in [7, 11) is 1.27. The topological polar surface area (TPSA) is 104 Å². The number of carbonyl (C=O) groups excluding carboxylic acids is 3. The maximum Gasteiger partial charge on any atom is 0.344 e. The van der Waals surface area contributed by atoms with Gasteiger partial charge in [0.05, 0.1) is 25.0 Å². The van der Waals surface area contributed by atoms with Crippen molar-refractivity contribution in [2.45, 2.75) is 40.2 Å². The summed E-state index contributed by atoms with van der Waals surface area (Å²) in [6, 6.07) is 7.00. The van der Waals surface area contributed by atoms with Gasteiger partial charge in [0.2, 0.25) is 5.78 Å². The molecule has 0 unspecified atom stereocenters. The number of para-hydroxylation sites is 2. The summed E-state index contributed by atoms with van der Waals surface area (Å²) in [6.07, 6.45) is -0.222. The minimum Gasteiger partial charge on any atom is -0.490 e. The summed E-state index contributed by atoms with van der Waals surface area (Å²) in [5.74, 6) is -0.743. The third-order valence-electron chi connectivity index (χ3n) is 4.41. The Labute approximate surface area is 175 Å². The first-order valence-electron chi connectivity index (χ1n) is 9.65. The lowest BCUT2D eigenvalue weighted by Gasteiger charge is -2.14. The predicted octanol–water partition coefficient (Wildman–Crippen LogP) is 3.40. The van der Waals surface area contributed by atoms with Crippen LogP contribution in [0.5, 0.6) is 11.5 Å². The van der Waals surface area contributed by atoms with Gasteiger partial charge in [-0.25, -0.2) is 9.59 Å². The van der Waals surface area contributed by atoms with Crippen LogP contribution in [0.1, 0.15) is 52.4 Å². The SMILES string of the molecule is CCCOc1ccccc1OCC(=O)O[C@@H](C)C(=O)c1[nH]c(C)c(C(=O)OC)c1C. The number of carbonyl (C=O) groups is 3. The molecule has 0 fully saturated rings. The highest BCUT2D eigenvalue weighted by atomic mass is 16.6. The van der Waals surface area contributed by atoms with Gasteiger partial charge in [0.25, 0.3) is 0 Å². The molecule has 1 heterocycles. The Bertz CT molecular complexity index is 916. The summed E-state index contributed by atoms with van der Waals surface area (Å²) in [6.45, 7) is 6.90. The molecule has 0 radical (unpaired) electrons. The van der Waals surface area contributed by atoms with Crippen molar-refractivity contribution in [3.8, 4) is 11.5 Å². The molecule has 8 nitrogen and oxygen atoms in total. The molecule has 8 heteroatoms. The van der Waals surface area contributed by atoms with E-state index in [1.807, 2.05) is 6.92 Å². The van der Waals surface area contributed by atoms with E-state index in [9.17, 15) is 14.4 Å². The lowest BCUT2D eigenvalue weighted by Crippen LogP contribution is -2.28. The zero-order chi connectivity index (χ0) is 22.3. The second kappa shape index (κ2) is 10.5. The molecule has 0 aliphatic carbocycles. The highest BCUT2D eigenvalue weighted by molar-refractivity contribution is 6.03. The molecule has 2 aromatic rings. The Kier molecular flexibility index (Phi) is 8.03. The van der Waals surface area contributed by atoms with Crippen molar-refractivity contribution in [1.29, 1.82) is 0 Å². The standard InChI is InChI=1S/C22H27NO7/c1-6-11-28-16-9-7-8-10-17(16)29-12-18(24)30-15(4)21(25)20-13(2)19(14(3)23-20)22(26)27-5/h7-10,15,23H,6,11-12H2,1-5H3/t15-/m0/s1. The maximum absolute atomic E-state index is 12.7. The van der Waals surface area contributed by atoms with Crippen molar-refractivity contribution >= 4 is 17.7 Å². The summed E-state index contributed by atoms with van der Waals surface area (Å²) >= 11 is 0. The molecule has 1 aromatic carbocycles. The predicted molar refractivity (Wildman–Crippen MR) is 109 cm³/mol. The van der Waals surface area contributed by atoms with Crippen molar-refractivity contribution in [3.63, 3.8) is 0 Å². The lowest BCUT2D eigenvalue weighted by atomic mass is 10.1. The Morgan fingerprint density at radius 1 is 1.07 bits per heavy atom. The number of H-pyrrole nitrogens is 1. The number of aryl methyl sites for hydroxylation is 1. The van der Waals surface area contributed by atoms with Crippen molar-refractivity contribution in [3.05, 3.63) is 46.8 Å². The fourth-order valence-electron chi connectivity index (χ4n) is 2.93. The van der Waals surface area contributed by atoms with E-state index in [0.717, 1.165) is 6.42 Å². The van der Waals surface area contributed by atoms with E-state index in [-0.39, 0.29) is 12.3 Å². The van der Waals surface area contributed by atoms with Crippen LogP contribution in [0, 0.1) is 13.8 Å². The van der Waals surface area contributed by atoms with Crippen LogP contribution in [0.2, 0.25) is 0 Å². The molecule has 0 aliphatic rings. The lowest BCUT2D eigenvalue weighted by molar-refractivity contribution is -0.148. The number of nitrogens with one attached hydrogen (secondary N) is 1. The molecule has 0 aliphatic heterocycles. The molecule has 0 saturated carbocycles. The van der Waals surface area contributed by atoms with Gasteiger partial charge in [-0.1, -0.05) is 19.1 Å². The van der Waals surface area contributed by atoms with E-state index in [0.29, 0.717) is 34.9 Å². The Balaban J connectivity index is 2.00. The Morgan fingerprint density at radius 3 is 2.30 bits per heavy atom. The highest BCUT2D eigenvalue weighted by Crippen LogP contribution is 2.26. The molecule has 0 spiro atoms. The molecule has 1 aromatic heterocycles. The van der Waals surface area contributed by atoms with Crippen LogP contribution in [0.25, 0.3) is 0 Å². The zero-order valence-corrected chi connectivity index (χ0v) is 17.9.